The summed E-state index contributed by atoms with van der Waals surface area (Å²) in [4.78, 5) is 16.2. The molecule has 0 unspecified atom stereocenters. The Labute approximate surface area is 91.4 Å². The van der Waals surface area contributed by atoms with Gasteiger partial charge in [-0.05, 0) is 6.07 Å². The predicted molar refractivity (Wildman–Crippen MR) is 55.1 cm³/mol. The van der Waals surface area contributed by atoms with Crippen LogP contribution in [0, 0.1) is 0 Å². The average molecular weight is 235 g/mol. The lowest BCUT2D eigenvalue weighted by Crippen LogP contribution is -2.25. The molecule has 1 aromatic heterocycles. The molecule has 0 aliphatic heterocycles. The third-order valence-electron chi connectivity index (χ3n) is 1.62. The van der Waals surface area contributed by atoms with Gasteiger partial charge < -0.3 is 4.74 Å². The SMILES string of the molecule is COC(=O)N(C)c1cnc(Cl)c(Cl)c1. The molecule has 0 radical (unpaired) electrons. The first-order valence-corrected chi connectivity index (χ1v) is 4.44. The molecule has 76 valence electrons. The van der Waals surface area contributed by atoms with E-state index in [0.29, 0.717) is 10.7 Å². The van der Waals surface area contributed by atoms with Crippen LogP contribution in [0.4, 0.5) is 10.5 Å². The summed E-state index contributed by atoms with van der Waals surface area (Å²) in [6.07, 6.45) is 0.940. The Balaban J connectivity index is 2.96. The summed E-state index contributed by atoms with van der Waals surface area (Å²) >= 11 is 11.4. The quantitative estimate of drug-likeness (QED) is 0.702. The lowest BCUT2D eigenvalue weighted by atomic mass is 10.4. The molecular formula is C8H8Cl2N2O2. The highest BCUT2D eigenvalue weighted by molar-refractivity contribution is 6.41. The molecule has 1 amide bonds. The van der Waals surface area contributed by atoms with E-state index in [2.05, 4.69) is 9.72 Å². The van der Waals surface area contributed by atoms with Crippen LogP contribution in [0.25, 0.3) is 0 Å². The highest BCUT2D eigenvalue weighted by atomic mass is 35.5. The summed E-state index contributed by atoms with van der Waals surface area (Å²) in [5.74, 6) is 0. The van der Waals surface area contributed by atoms with Crippen molar-refractivity contribution in [3.05, 3.63) is 22.4 Å². The number of ether oxygens (including phenoxy) is 1. The van der Waals surface area contributed by atoms with Gasteiger partial charge in [-0.3, -0.25) is 4.90 Å². The van der Waals surface area contributed by atoms with E-state index < -0.39 is 6.09 Å². The molecule has 4 nitrogen and oxygen atoms in total. The number of anilines is 1. The van der Waals surface area contributed by atoms with Crippen LogP contribution in [0.1, 0.15) is 0 Å². The molecule has 0 aliphatic carbocycles. The van der Waals surface area contributed by atoms with Crippen LogP contribution in [0.3, 0.4) is 0 Å². The number of halogens is 2. The molecule has 1 heterocycles. The summed E-state index contributed by atoms with van der Waals surface area (Å²) in [5.41, 5.74) is 0.520. The van der Waals surface area contributed by atoms with Gasteiger partial charge in [0.25, 0.3) is 0 Å². The maximum Gasteiger partial charge on any atom is 0.413 e. The van der Waals surface area contributed by atoms with Gasteiger partial charge in [-0.15, -0.1) is 0 Å². The first-order valence-electron chi connectivity index (χ1n) is 3.69. The fourth-order valence-electron chi connectivity index (χ4n) is 0.837. The Hall–Kier alpha value is -1.000. The second-order valence-electron chi connectivity index (χ2n) is 2.50. The summed E-state index contributed by atoms with van der Waals surface area (Å²) in [7, 11) is 2.84. The van der Waals surface area contributed by atoms with Crippen LogP contribution < -0.4 is 4.90 Å². The minimum Gasteiger partial charge on any atom is -0.452 e. The fraction of sp³-hybridized carbons (Fsp3) is 0.250. The molecule has 1 aromatic rings. The van der Waals surface area contributed by atoms with E-state index in [1.807, 2.05) is 0 Å². The van der Waals surface area contributed by atoms with Crippen molar-refractivity contribution in [2.24, 2.45) is 0 Å². The van der Waals surface area contributed by atoms with E-state index in [1.54, 1.807) is 7.05 Å². The molecule has 0 saturated heterocycles. The van der Waals surface area contributed by atoms with Crippen molar-refractivity contribution in [2.75, 3.05) is 19.1 Å². The Bertz CT molecular complexity index is 357. The van der Waals surface area contributed by atoms with Crippen molar-refractivity contribution in [2.45, 2.75) is 0 Å². The van der Waals surface area contributed by atoms with Gasteiger partial charge in [0.15, 0.2) is 0 Å². The topological polar surface area (TPSA) is 42.4 Å². The first-order chi connectivity index (χ1) is 6.56. The van der Waals surface area contributed by atoms with Gasteiger partial charge in [-0.2, -0.15) is 0 Å². The number of carbonyl (C=O) groups excluding carboxylic acids is 1. The van der Waals surface area contributed by atoms with Crippen LogP contribution in [0.2, 0.25) is 10.2 Å². The molecule has 14 heavy (non-hydrogen) atoms. The zero-order valence-corrected chi connectivity index (χ0v) is 9.13. The summed E-state index contributed by atoms with van der Waals surface area (Å²) in [6.45, 7) is 0. The number of carbonyl (C=O) groups is 1. The molecule has 0 saturated carbocycles. The molecule has 0 aromatic carbocycles. The van der Waals surface area contributed by atoms with Gasteiger partial charge in [0.1, 0.15) is 5.15 Å². The molecule has 0 bridgehead atoms. The highest BCUT2D eigenvalue weighted by Gasteiger charge is 2.12. The molecule has 0 atom stereocenters. The van der Waals surface area contributed by atoms with Crippen molar-refractivity contribution >= 4 is 35.0 Å². The normalized spacial score (nSPS) is 9.71. The molecular weight excluding hydrogens is 227 g/mol. The third kappa shape index (κ3) is 2.27. The molecule has 1 rings (SSSR count). The number of amides is 1. The standard InChI is InChI=1S/C8H8Cl2N2O2/c1-12(8(13)14-2)5-3-6(9)7(10)11-4-5/h3-4H,1-2H3. The molecule has 0 fully saturated rings. The monoisotopic (exact) mass is 234 g/mol. The van der Waals surface area contributed by atoms with Crippen LogP contribution in [0.15, 0.2) is 12.3 Å². The smallest absolute Gasteiger partial charge is 0.413 e. The Morgan fingerprint density at radius 3 is 2.71 bits per heavy atom. The van der Waals surface area contributed by atoms with E-state index >= 15 is 0 Å². The summed E-state index contributed by atoms with van der Waals surface area (Å²) in [5, 5.41) is 0.494. The number of hydrogen-bond donors (Lipinski definition) is 0. The average Bonchev–Trinajstić information content (AvgIpc) is 2.20. The van der Waals surface area contributed by atoms with Crippen LogP contribution in [0.5, 0.6) is 0 Å². The van der Waals surface area contributed by atoms with E-state index in [9.17, 15) is 4.79 Å². The summed E-state index contributed by atoms with van der Waals surface area (Å²) < 4.78 is 4.52. The van der Waals surface area contributed by atoms with Gasteiger partial charge in [0.2, 0.25) is 0 Å². The number of methoxy groups -OCH3 is 1. The second kappa shape index (κ2) is 4.48. The zero-order chi connectivity index (χ0) is 10.7. The molecule has 0 spiro atoms. The minimum absolute atomic E-state index is 0.202. The maximum atomic E-state index is 11.1. The predicted octanol–water partition coefficient (Wildman–Crippen LogP) is 2.59. The van der Waals surface area contributed by atoms with E-state index in [1.165, 1.54) is 24.3 Å². The number of rotatable bonds is 1. The van der Waals surface area contributed by atoms with Gasteiger partial charge in [-0.1, -0.05) is 23.2 Å². The van der Waals surface area contributed by atoms with E-state index in [0.717, 1.165) is 0 Å². The number of aromatic nitrogens is 1. The molecule has 6 heteroatoms. The Morgan fingerprint density at radius 1 is 1.57 bits per heavy atom. The van der Waals surface area contributed by atoms with Gasteiger partial charge in [0, 0.05) is 7.05 Å². The fourth-order valence-corrected chi connectivity index (χ4v) is 1.10. The van der Waals surface area contributed by atoms with Gasteiger partial charge >= 0.3 is 6.09 Å². The van der Waals surface area contributed by atoms with Crippen molar-refractivity contribution in [3.8, 4) is 0 Å². The largest absolute Gasteiger partial charge is 0.452 e. The van der Waals surface area contributed by atoms with Gasteiger partial charge in [-0.25, -0.2) is 9.78 Å². The zero-order valence-electron chi connectivity index (χ0n) is 7.62. The molecule has 0 N–H and O–H groups in total. The lowest BCUT2D eigenvalue weighted by Gasteiger charge is -2.15. The second-order valence-corrected chi connectivity index (χ2v) is 3.26. The highest BCUT2D eigenvalue weighted by Crippen LogP contribution is 2.24. The summed E-state index contributed by atoms with van der Waals surface area (Å²) in [6, 6.07) is 1.54. The van der Waals surface area contributed by atoms with Crippen molar-refractivity contribution < 1.29 is 9.53 Å². The minimum atomic E-state index is -0.495. The van der Waals surface area contributed by atoms with E-state index in [-0.39, 0.29) is 5.15 Å². The lowest BCUT2D eigenvalue weighted by molar-refractivity contribution is 0.180. The maximum absolute atomic E-state index is 11.1. The number of hydrogen-bond acceptors (Lipinski definition) is 3. The van der Waals surface area contributed by atoms with Crippen LogP contribution in [-0.4, -0.2) is 25.2 Å². The van der Waals surface area contributed by atoms with Gasteiger partial charge in [0.05, 0.1) is 24.0 Å². The van der Waals surface area contributed by atoms with Crippen molar-refractivity contribution in [1.29, 1.82) is 0 Å². The Kier molecular flexibility index (Phi) is 3.55. The number of pyridine rings is 1. The number of nitrogens with zero attached hydrogens (tertiary/aromatic N) is 2. The van der Waals surface area contributed by atoms with Crippen LogP contribution >= 0.6 is 23.2 Å². The third-order valence-corrected chi connectivity index (χ3v) is 2.30. The first kappa shape index (κ1) is 11.1. The van der Waals surface area contributed by atoms with Crippen molar-refractivity contribution in [3.63, 3.8) is 0 Å². The Morgan fingerprint density at radius 2 is 2.21 bits per heavy atom. The molecule has 0 aliphatic rings. The van der Waals surface area contributed by atoms with Crippen LogP contribution in [-0.2, 0) is 4.74 Å². The van der Waals surface area contributed by atoms with Crippen molar-refractivity contribution in [1.82, 2.24) is 4.98 Å². The van der Waals surface area contributed by atoms with E-state index in [4.69, 9.17) is 23.2 Å².